The monoisotopic (exact) mass is 294 g/mol. The van der Waals surface area contributed by atoms with Gasteiger partial charge in [-0.05, 0) is 29.7 Å². The van der Waals surface area contributed by atoms with Crippen LogP contribution in [0.1, 0.15) is 34.6 Å². The van der Waals surface area contributed by atoms with Gasteiger partial charge in [-0.2, -0.15) is 0 Å². The van der Waals surface area contributed by atoms with Crippen LogP contribution in [0.3, 0.4) is 0 Å². The van der Waals surface area contributed by atoms with Crippen molar-refractivity contribution in [1.29, 1.82) is 0 Å². The number of aliphatic hydroxyl groups is 1. The van der Waals surface area contributed by atoms with Crippen LogP contribution in [0.25, 0.3) is 0 Å². The van der Waals surface area contributed by atoms with Gasteiger partial charge in [0.2, 0.25) is 0 Å². The Kier molecular flexibility index (Phi) is 3.89. The minimum atomic E-state index is -0.520. The van der Waals surface area contributed by atoms with Gasteiger partial charge in [0.15, 0.2) is 0 Å². The summed E-state index contributed by atoms with van der Waals surface area (Å²) in [4.78, 5) is 0.900. The Hall–Kier alpha value is -0.870. The third-order valence-electron chi connectivity index (χ3n) is 3.45. The lowest BCUT2D eigenvalue weighted by atomic mass is 9.94. The summed E-state index contributed by atoms with van der Waals surface area (Å²) in [5, 5.41) is 10.3. The molecule has 1 aromatic carbocycles. The highest BCUT2D eigenvalue weighted by atomic mass is 35.5. The minimum absolute atomic E-state index is 0.0270. The number of thiophene rings is 1. The molecule has 0 fully saturated rings. The Balaban J connectivity index is 1.77. The number of benzene rings is 1. The quantitative estimate of drug-likeness (QED) is 0.922. The average molecular weight is 295 g/mol. The van der Waals surface area contributed by atoms with E-state index in [1.165, 1.54) is 22.5 Å². The van der Waals surface area contributed by atoms with Crippen LogP contribution in [0.5, 0.6) is 0 Å². The fraction of sp³-hybridized carbons (Fsp3) is 0.333. The Morgan fingerprint density at radius 1 is 1.32 bits per heavy atom. The first-order chi connectivity index (χ1) is 9.24. The van der Waals surface area contributed by atoms with Crippen molar-refractivity contribution in [2.45, 2.75) is 25.0 Å². The largest absolute Gasteiger partial charge is 0.387 e. The van der Waals surface area contributed by atoms with Crippen molar-refractivity contribution in [2.75, 3.05) is 6.61 Å². The molecule has 0 aliphatic carbocycles. The van der Waals surface area contributed by atoms with Gasteiger partial charge < -0.3 is 9.84 Å². The van der Waals surface area contributed by atoms with Gasteiger partial charge >= 0.3 is 0 Å². The van der Waals surface area contributed by atoms with Crippen LogP contribution in [0, 0.1) is 0 Å². The zero-order chi connectivity index (χ0) is 13.2. The molecule has 1 aliphatic rings. The van der Waals surface area contributed by atoms with Gasteiger partial charge in [0, 0.05) is 11.3 Å². The number of fused-ring (bicyclic) bond motifs is 1. The van der Waals surface area contributed by atoms with E-state index in [0.717, 1.165) is 17.9 Å². The summed E-state index contributed by atoms with van der Waals surface area (Å²) in [6.07, 6.45) is 0.982. The molecule has 2 heterocycles. The van der Waals surface area contributed by atoms with E-state index in [9.17, 15) is 5.11 Å². The molecule has 0 amide bonds. The summed E-state index contributed by atoms with van der Waals surface area (Å²) in [7, 11) is 0. The summed E-state index contributed by atoms with van der Waals surface area (Å²) >= 11 is 7.33. The highest BCUT2D eigenvalue weighted by Crippen LogP contribution is 2.36. The van der Waals surface area contributed by atoms with E-state index in [0.29, 0.717) is 10.8 Å². The Labute approximate surface area is 121 Å². The van der Waals surface area contributed by atoms with Crippen LogP contribution in [-0.2, 0) is 11.2 Å². The maximum atomic E-state index is 10.3. The number of aliphatic hydroxyl groups excluding tert-OH is 1. The normalized spacial score (nSPS) is 20.0. The molecule has 0 bridgehead atoms. The predicted molar refractivity (Wildman–Crippen MR) is 77.7 cm³/mol. The molecule has 3 rings (SSSR count). The molecule has 0 spiro atoms. The molecular formula is C15H15ClO2S. The van der Waals surface area contributed by atoms with Crippen molar-refractivity contribution in [3.8, 4) is 0 Å². The molecule has 4 heteroatoms. The first-order valence-corrected chi connectivity index (χ1v) is 7.56. The fourth-order valence-corrected chi connectivity index (χ4v) is 3.56. The molecule has 0 saturated heterocycles. The molecule has 1 N–H and O–H groups in total. The maximum Gasteiger partial charge on any atom is 0.0932 e. The molecule has 2 atom stereocenters. The molecule has 19 heavy (non-hydrogen) atoms. The van der Waals surface area contributed by atoms with Gasteiger partial charge in [0.1, 0.15) is 0 Å². The summed E-state index contributed by atoms with van der Waals surface area (Å²) < 4.78 is 6.52. The van der Waals surface area contributed by atoms with Crippen LogP contribution in [0.15, 0.2) is 36.4 Å². The Morgan fingerprint density at radius 2 is 2.16 bits per heavy atom. The van der Waals surface area contributed by atoms with E-state index >= 15 is 0 Å². The predicted octanol–water partition coefficient (Wildman–Crippen LogP) is 4.14. The SMILES string of the molecule is OC(CC1OCCc2ccccc21)c1ccc(Cl)s1. The number of halogens is 1. The average Bonchev–Trinajstić information content (AvgIpc) is 2.86. The molecule has 2 aromatic rings. The molecule has 1 aromatic heterocycles. The van der Waals surface area contributed by atoms with Crippen LogP contribution < -0.4 is 0 Å². The molecule has 1 aliphatic heterocycles. The zero-order valence-corrected chi connectivity index (χ0v) is 12.0. The highest BCUT2D eigenvalue weighted by Gasteiger charge is 2.24. The maximum absolute atomic E-state index is 10.3. The first-order valence-electron chi connectivity index (χ1n) is 6.37. The van der Waals surface area contributed by atoms with Crippen molar-refractivity contribution in [2.24, 2.45) is 0 Å². The Morgan fingerprint density at radius 3 is 2.95 bits per heavy atom. The summed E-state index contributed by atoms with van der Waals surface area (Å²) in [6.45, 7) is 0.722. The Bertz CT molecular complexity index is 567. The smallest absolute Gasteiger partial charge is 0.0932 e. The molecule has 2 unspecified atom stereocenters. The third-order valence-corrected chi connectivity index (χ3v) is 4.78. The fourth-order valence-electron chi connectivity index (χ4n) is 2.50. The highest BCUT2D eigenvalue weighted by molar-refractivity contribution is 7.16. The first kappa shape index (κ1) is 13.1. The van der Waals surface area contributed by atoms with E-state index < -0.39 is 6.10 Å². The lowest BCUT2D eigenvalue weighted by Crippen LogP contribution is -2.18. The van der Waals surface area contributed by atoms with Gasteiger partial charge in [-0.3, -0.25) is 0 Å². The van der Waals surface area contributed by atoms with E-state index in [1.54, 1.807) is 0 Å². The van der Waals surface area contributed by atoms with Gasteiger partial charge in [-0.15, -0.1) is 11.3 Å². The van der Waals surface area contributed by atoms with Crippen molar-refractivity contribution >= 4 is 22.9 Å². The second kappa shape index (κ2) is 5.63. The van der Waals surface area contributed by atoms with E-state index in [2.05, 4.69) is 18.2 Å². The number of hydrogen-bond donors (Lipinski definition) is 1. The van der Waals surface area contributed by atoms with Gasteiger partial charge in [-0.25, -0.2) is 0 Å². The standard InChI is InChI=1S/C15H15ClO2S/c16-15-6-5-14(19-15)12(17)9-13-11-4-2-1-3-10(11)7-8-18-13/h1-6,12-13,17H,7-9H2. The lowest BCUT2D eigenvalue weighted by molar-refractivity contribution is 0.00457. The topological polar surface area (TPSA) is 29.5 Å². The summed E-state index contributed by atoms with van der Waals surface area (Å²) in [5.41, 5.74) is 2.53. The third kappa shape index (κ3) is 2.84. The number of hydrogen-bond acceptors (Lipinski definition) is 3. The van der Waals surface area contributed by atoms with Crippen molar-refractivity contribution < 1.29 is 9.84 Å². The second-order valence-corrected chi connectivity index (χ2v) is 6.45. The molecule has 0 saturated carbocycles. The van der Waals surface area contributed by atoms with Crippen LogP contribution >= 0.6 is 22.9 Å². The minimum Gasteiger partial charge on any atom is -0.387 e. The molecular weight excluding hydrogens is 280 g/mol. The summed E-state index contributed by atoms with van der Waals surface area (Å²) in [6, 6.07) is 12.0. The number of rotatable bonds is 3. The van der Waals surface area contributed by atoms with E-state index in [-0.39, 0.29) is 6.10 Å². The van der Waals surface area contributed by atoms with Gasteiger partial charge in [0.05, 0.1) is 23.2 Å². The van der Waals surface area contributed by atoms with Crippen molar-refractivity contribution in [3.63, 3.8) is 0 Å². The van der Waals surface area contributed by atoms with Gasteiger partial charge in [0.25, 0.3) is 0 Å². The van der Waals surface area contributed by atoms with Crippen molar-refractivity contribution in [1.82, 2.24) is 0 Å². The van der Waals surface area contributed by atoms with Gasteiger partial charge in [-0.1, -0.05) is 35.9 Å². The number of ether oxygens (including phenoxy) is 1. The van der Waals surface area contributed by atoms with E-state index in [1.807, 2.05) is 18.2 Å². The molecule has 0 radical (unpaired) electrons. The molecule has 100 valence electrons. The lowest BCUT2D eigenvalue weighted by Gasteiger charge is -2.27. The van der Waals surface area contributed by atoms with Crippen LogP contribution in [0.2, 0.25) is 4.34 Å². The van der Waals surface area contributed by atoms with Crippen LogP contribution in [0.4, 0.5) is 0 Å². The van der Waals surface area contributed by atoms with Crippen LogP contribution in [-0.4, -0.2) is 11.7 Å². The second-order valence-electron chi connectivity index (χ2n) is 4.70. The van der Waals surface area contributed by atoms with E-state index in [4.69, 9.17) is 16.3 Å². The van der Waals surface area contributed by atoms with Crippen molar-refractivity contribution in [3.05, 3.63) is 56.7 Å². The summed E-state index contributed by atoms with van der Waals surface area (Å²) in [5.74, 6) is 0. The molecule has 2 nitrogen and oxygen atoms in total. The zero-order valence-electron chi connectivity index (χ0n) is 10.4.